The lowest BCUT2D eigenvalue weighted by Gasteiger charge is -2.40. The second-order valence-electron chi connectivity index (χ2n) is 10.4. The minimum atomic E-state index is -0.295. The number of para-hydroxylation sites is 1. The van der Waals surface area contributed by atoms with E-state index in [1.54, 1.807) is 0 Å². The summed E-state index contributed by atoms with van der Waals surface area (Å²) < 4.78 is 2.19. The molecule has 0 aliphatic carbocycles. The molecule has 0 bridgehead atoms. The van der Waals surface area contributed by atoms with Gasteiger partial charge in [-0.1, -0.05) is 99.6 Å². The van der Waals surface area contributed by atoms with Crippen molar-refractivity contribution in [3.8, 4) is 11.3 Å². The van der Waals surface area contributed by atoms with E-state index in [0.717, 1.165) is 22.8 Å². The normalized spacial score (nSPS) is 12.2. The Hall–Kier alpha value is -3.90. The number of nitrogens with zero attached hydrogens (tertiary/aromatic N) is 3. The Morgan fingerprint density at radius 3 is 2.14 bits per heavy atom. The highest BCUT2D eigenvalue weighted by Gasteiger charge is 2.38. The molecule has 0 aliphatic heterocycles. The number of benzene rings is 3. The van der Waals surface area contributed by atoms with E-state index in [-0.39, 0.29) is 17.5 Å². The van der Waals surface area contributed by atoms with E-state index in [1.165, 1.54) is 5.56 Å². The molecule has 0 fully saturated rings. The van der Waals surface area contributed by atoms with Crippen molar-refractivity contribution in [2.45, 2.75) is 39.8 Å². The number of nitrogens with one attached hydrogen (secondary N) is 1. The first kappa shape index (κ1) is 26.2. The van der Waals surface area contributed by atoms with Gasteiger partial charge in [-0.2, -0.15) is 0 Å². The first-order valence-electron chi connectivity index (χ1n) is 12.9. The van der Waals surface area contributed by atoms with E-state index in [0.29, 0.717) is 26.1 Å². The largest absolute Gasteiger partial charge is 0.330 e. The fourth-order valence-electron chi connectivity index (χ4n) is 4.62. The van der Waals surface area contributed by atoms with Crippen molar-refractivity contribution < 1.29 is 4.79 Å². The third-order valence-electron chi connectivity index (χ3n) is 6.34. The molecule has 0 saturated heterocycles. The van der Waals surface area contributed by atoms with Gasteiger partial charge in [0.15, 0.2) is 0 Å². The Labute approximate surface area is 220 Å². The van der Waals surface area contributed by atoms with E-state index in [1.807, 2.05) is 71.6 Å². The molecule has 0 spiro atoms. The van der Waals surface area contributed by atoms with Gasteiger partial charge in [-0.3, -0.25) is 0 Å². The predicted octanol–water partition coefficient (Wildman–Crippen LogP) is 6.57. The van der Waals surface area contributed by atoms with Crippen LogP contribution in [-0.2, 0) is 6.54 Å². The summed E-state index contributed by atoms with van der Waals surface area (Å²) in [5, 5.41) is 3.09. The van der Waals surface area contributed by atoms with Gasteiger partial charge in [0.05, 0.1) is 11.7 Å². The summed E-state index contributed by atoms with van der Waals surface area (Å²) in [6, 6.07) is 29.7. The molecule has 1 atom stereocenters. The van der Waals surface area contributed by atoms with Gasteiger partial charge in [0, 0.05) is 30.5 Å². The summed E-state index contributed by atoms with van der Waals surface area (Å²) in [6.45, 7) is 8.16. The topological polar surface area (TPSA) is 76.2 Å². The van der Waals surface area contributed by atoms with Crippen molar-refractivity contribution in [3.63, 3.8) is 0 Å². The monoisotopic (exact) mass is 495 g/mol. The first-order valence-corrected chi connectivity index (χ1v) is 12.9. The molecule has 0 radical (unpaired) electrons. The number of imidazole rings is 1. The SMILES string of the molecule is CC(C)(C)[C@H](c1nc(-c2ccccc2)cn1Cc1ccccc1)N(CCCN)C(=O)Nc1ccccc1. The average Bonchev–Trinajstić information content (AvgIpc) is 3.30. The van der Waals surface area contributed by atoms with E-state index < -0.39 is 0 Å². The third-order valence-corrected chi connectivity index (χ3v) is 6.34. The maximum atomic E-state index is 13.8. The molecule has 37 heavy (non-hydrogen) atoms. The van der Waals surface area contributed by atoms with Gasteiger partial charge in [-0.05, 0) is 36.1 Å². The van der Waals surface area contributed by atoms with Crippen LogP contribution in [0.5, 0.6) is 0 Å². The Morgan fingerprint density at radius 1 is 0.946 bits per heavy atom. The van der Waals surface area contributed by atoms with Crippen LogP contribution in [0.2, 0.25) is 0 Å². The Balaban J connectivity index is 1.80. The molecule has 3 N–H and O–H groups in total. The molecule has 0 unspecified atom stereocenters. The van der Waals surface area contributed by atoms with Gasteiger partial charge in [-0.25, -0.2) is 9.78 Å². The van der Waals surface area contributed by atoms with Gasteiger partial charge < -0.3 is 20.5 Å². The fourth-order valence-corrected chi connectivity index (χ4v) is 4.62. The second-order valence-corrected chi connectivity index (χ2v) is 10.4. The maximum absolute atomic E-state index is 13.8. The summed E-state index contributed by atoms with van der Waals surface area (Å²) >= 11 is 0. The lowest BCUT2D eigenvalue weighted by atomic mass is 9.84. The van der Waals surface area contributed by atoms with Crippen molar-refractivity contribution in [2.75, 3.05) is 18.4 Å². The number of anilines is 1. The van der Waals surface area contributed by atoms with Gasteiger partial charge in [-0.15, -0.1) is 0 Å². The fraction of sp³-hybridized carbons (Fsp3) is 0.290. The van der Waals surface area contributed by atoms with Crippen molar-refractivity contribution >= 4 is 11.7 Å². The molecule has 1 heterocycles. The molecular weight excluding hydrogens is 458 g/mol. The highest BCUT2D eigenvalue weighted by Crippen LogP contribution is 2.39. The van der Waals surface area contributed by atoms with Gasteiger partial charge >= 0.3 is 6.03 Å². The number of carbonyl (C=O) groups excluding carboxylic acids is 1. The van der Waals surface area contributed by atoms with Crippen molar-refractivity contribution in [1.82, 2.24) is 14.5 Å². The summed E-state index contributed by atoms with van der Waals surface area (Å²) in [6.07, 6.45) is 2.80. The quantitative estimate of drug-likeness (QED) is 0.276. The number of urea groups is 1. The number of hydrogen-bond acceptors (Lipinski definition) is 3. The van der Waals surface area contributed by atoms with Crippen LogP contribution in [0.1, 0.15) is 44.6 Å². The van der Waals surface area contributed by atoms with Gasteiger partial charge in [0.25, 0.3) is 0 Å². The summed E-state index contributed by atoms with van der Waals surface area (Å²) in [5.74, 6) is 0.857. The first-order chi connectivity index (χ1) is 17.9. The minimum absolute atomic E-state index is 0.157. The molecule has 4 aromatic rings. The zero-order valence-electron chi connectivity index (χ0n) is 22.0. The molecule has 0 saturated carbocycles. The number of rotatable bonds is 9. The van der Waals surface area contributed by atoms with Crippen LogP contribution in [0.3, 0.4) is 0 Å². The van der Waals surface area contributed by atoms with Crippen LogP contribution < -0.4 is 11.1 Å². The van der Waals surface area contributed by atoms with Crippen molar-refractivity contribution in [2.24, 2.45) is 11.1 Å². The Morgan fingerprint density at radius 2 is 1.54 bits per heavy atom. The molecule has 3 aromatic carbocycles. The molecule has 2 amide bonds. The zero-order valence-corrected chi connectivity index (χ0v) is 22.0. The van der Waals surface area contributed by atoms with Gasteiger partial charge in [0.1, 0.15) is 5.82 Å². The number of carbonyl (C=O) groups is 1. The average molecular weight is 496 g/mol. The second kappa shape index (κ2) is 11.9. The highest BCUT2D eigenvalue weighted by molar-refractivity contribution is 5.89. The smallest absolute Gasteiger partial charge is 0.322 e. The van der Waals surface area contributed by atoms with Gasteiger partial charge in [0.2, 0.25) is 0 Å². The number of amides is 2. The standard InChI is InChI=1S/C31H37N5O/c1-31(2,3)28(36(21-13-20-32)30(37)33-26-18-11-6-12-19-26)29-34-27(25-16-9-5-10-17-25)23-35(29)22-24-14-7-4-8-15-24/h4-12,14-19,23,28H,13,20-22,32H2,1-3H3,(H,33,37)/t28-/m0/s1. The highest BCUT2D eigenvalue weighted by atomic mass is 16.2. The van der Waals surface area contributed by atoms with Crippen molar-refractivity contribution in [1.29, 1.82) is 0 Å². The van der Waals surface area contributed by atoms with Crippen molar-refractivity contribution in [3.05, 3.63) is 109 Å². The number of aromatic nitrogens is 2. The van der Waals surface area contributed by atoms with Crippen LogP contribution in [0.25, 0.3) is 11.3 Å². The van der Waals surface area contributed by atoms with Crippen LogP contribution in [-0.4, -0.2) is 33.6 Å². The molecule has 6 nitrogen and oxygen atoms in total. The molecule has 0 aliphatic rings. The third kappa shape index (κ3) is 6.66. The molecule has 6 heteroatoms. The van der Waals surface area contributed by atoms with Crippen LogP contribution in [0.15, 0.2) is 97.2 Å². The lowest BCUT2D eigenvalue weighted by molar-refractivity contribution is 0.116. The molecule has 4 rings (SSSR count). The molecular formula is C31H37N5O. The predicted molar refractivity (Wildman–Crippen MR) is 151 cm³/mol. The zero-order chi connectivity index (χ0) is 26.3. The lowest BCUT2D eigenvalue weighted by Crippen LogP contribution is -2.45. The van der Waals surface area contributed by atoms with Crippen LogP contribution in [0.4, 0.5) is 10.5 Å². The summed E-state index contributed by atoms with van der Waals surface area (Å²) in [7, 11) is 0. The Bertz CT molecular complexity index is 1260. The molecule has 1 aromatic heterocycles. The Kier molecular flexibility index (Phi) is 8.41. The van der Waals surface area contributed by atoms with Crippen LogP contribution >= 0.6 is 0 Å². The number of hydrogen-bond donors (Lipinski definition) is 2. The van der Waals surface area contributed by atoms with E-state index in [4.69, 9.17) is 10.7 Å². The van der Waals surface area contributed by atoms with Crippen LogP contribution in [0, 0.1) is 5.41 Å². The van der Waals surface area contributed by atoms with E-state index in [2.05, 4.69) is 61.1 Å². The minimum Gasteiger partial charge on any atom is -0.330 e. The van der Waals surface area contributed by atoms with E-state index in [9.17, 15) is 4.79 Å². The maximum Gasteiger partial charge on any atom is 0.322 e. The summed E-state index contributed by atoms with van der Waals surface area (Å²) in [5.41, 5.74) is 9.49. The molecule has 192 valence electrons. The number of nitrogens with two attached hydrogens (primary N) is 1. The summed E-state index contributed by atoms with van der Waals surface area (Å²) in [4.78, 5) is 20.8. The van der Waals surface area contributed by atoms with E-state index >= 15 is 0 Å².